The molecule has 0 unspecified atom stereocenters. The van der Waals surface area contributed by atoms with Gasteiger partial charge in [-0.25, -0.2) is 0 Å². The average molecular weight is 319 g/mol. The molecule has 1 N–H and O–H groups in total. The fourth-order valence-corrected chi connectivity index (χ4v) is 3.19. The molecule has 3 rings (SSSR count). The van der Waals surface area contributed by atoms with Crippen LogP contribution in [0.4, 0.5) is 13.2 Å². The van der Waals surface area contributed by atoms with Gasteiger partial charge in [-0.3, -0.25) is 0 Å². The molecule has 0 fully saturated rings. The number of alkyl halides is 3. The SMILES string of the molecule is C[C@@H]1CNCCc2ccc(Cc3cccc(C(F)(F)F)c3)cc21. The van der Waals surface area contributed by atoms with Crippen molar-refractivity contribution in [2.45, 2.75) is 31.9 Å². The molecule has 1 aliphatic heterocycles. The summed E-state index contributed by atoms with van der Waals surface area (Å²) in [5.41, 5.74) is 3.84. The molecule has 23 heavy (non-hydrogen) atoms. The largest absolute Gasteiger partial charge is 0.416 e. The average Bonchev–Trinajstić information content (AvgIpc) is 2.69. The Kier molecular flexibility index (Phi) is 4.44. The van der Waals surface area contributed by atoms with Crippen molar-refractivity contribution in [3.05, 3.63) is 70.3 Å². The van der Waals surface area contributed by atoms with Gasteiger partial charge < -0.3 is 5.32 Å². The van der Waals surface area contributed by atoms with Crippen LogP contribution in [0.5, 0.6) is 0 Å². The summed E-state index contributed by atoms with van der Waals surface area (Å²) in [5.74, 6) is 0.425. The zero-order chi connectivity index (χ0) is 16.4. The summed E-state index contributed by atoms with van der Waals surface area (Å²) in [7, 11) is 0. The molecule has 1 nitrogen and oxygen atoms in total. The van der Waals surface area contributed by atoms with E-state index in [9.17, 15) is 13.2 Å². The van der Waals surface area contributed by atoms with Gasteiger partial charge >= 0.3 is 6.18 Å². The summed E-state index contributed by atoms with van der Waals surface area (Å²) < 4.78 is 38.5. The molecule has 0 spiro atoms. The molecule has 4 heteroatoms. The Morgan fingerprint density at radius 1 is 1.09 bits per heavy atom. The Bertz CT molecular complexity index is 691. The Morgan fingerprint density at radius 3 is 2.65 bits per heavy atom. The van der Waals surface area contributed by atoms with Crippen LogP contribution in [0.15, 0.2) is 42.5 Å². The van der Waals surface area contributed by atoms with Gasteiger partial charge in [0.25, 0.3) is 0 Å². The third-order valence-electron chi connectivity index (χ3n) is 4.43. The van der Waals surface area contributed by atoms with Crippen LogP contribution in [0.1, 0.15) is 40.7 Å². The number of halogens is 3. The van der Waals surface area contributed by atoms with Crippen molar-refractivity contribution in [1.82, 2.24) is 5.32 Å². The molecule has 0 aromatic heterocycles. The Morgan fingerprint density at radius 2 is 1.87 bits per heavy atom. The number of hydrogen-bond acceptors (Lipinski definition) is 1. The van der Waals surface area contributed by atoms with Crippen molar-refractivity contribution in [2.24, 2.45) is 0 Å². The van der Waals surface area contributed by atoms with Crippen molar-refractivity contribution < 1.29 is 13.2 Å². The maximum absolute atomic E-state index is 12.8. The van der Waals surface area contributed by atoms with E-state index < -0.39 is 11.7 Å². The quantitative estimate of drug-likeness (QED) is 0.856. The summed E-state index contributed by atoms with van der Waals surface area (Å²) in [6.45, 7) is 4.11. The van der Waals surface area contributed by atoms with E-state index in [-0.39, 0.29) is 0 Å². The Hall–Kier alpha value is -1.81. The molecule has 2 aromatic carbocycles. The molecule has 2 aromatic rings. The maximum Gasteiger partial charge on any atom is 0.416 e. The van der Waals surface area contributed by atoms with E-state index in [1.54, 1.807) is 6.07 Å². The van der Waals surface area contributed by atoms with E-state index in [0.29, 0.717) is 17.9 Å². The molecule has 0 aliphatic carbocycles. The van der Waals surface area contributed by atoms with Crippen LogP contribution >= 0.6 is 0 Å². The van der Waals surface area contributed by atoms with Gasteiger partial charge in [0, 0.05) is 6.54 Å². The molecular formula is C19H20F3N. The summed E-state index contributed by atoms with van der Waals surface area (Å²) in [6, 6.07) is 11.9. The van der Waals surface area contributed by atoms with Gasteiger partial charge in [-0.05, 0) is 53.6 Å². The third kappa shape index (κ3) is 3.75. The predicted octanol–water partition coefficient (Wildman–Crippen LogP) is 4.55. The molecular weight excluding hydrogens is 299 g/mol. The van der Waals surface area contributed by atoms with E-state index >= 15 is 0 Å². The highest BCUT2D eigenvalue weighted by atomic mass is 19.4. The van der Waals surface area contributed by atoms with E-state index in [1.165, 1.54) is 23.3 Å². The van der Waals surface area contributed by atoms with Crippen LogP contribution < -0.4 is 5.32 Å². The monoisotopic (exact) mass is 319 g/mol. The highest BCUT2D eigenvalue weighted by Crippen LogP contribution is 2.30. The van der Waals surface area contributed by atoms with Crippen LogP contribution in [0.2, 0.25) is 0 Å². The molecule has 122 valence electrons. The normalized spacial score (nSPS) is 18.3. The zero-order valence-corrected chi connectivity index (χ0v) is 13.1. The predicted molar refractivity (Wildman–Crippen MR) is 85.7 cm³/mol. The molecule has 0 saturated carbocycles. The van der Waals surface area contributed by atoms with Gasteiger partial charge in [-0.2, -0.15) is 13.2 Å². The van der Waals surface area contributed by atoms with Gasteiger partial charge in [0.2, 0.25) is 0 Å². The minimum Gasteiger partial charge on any atom is -0.316 e. The number of hydrogen-bond donors (Lipinski definition) is 1. The van der Waals surface area contributed by atoms with E-state index in [0.717, 1.165) is 31.1 Å². The Balaban J connectivity index is 1.86. The first-order valence-corrected chi connectivity index (χ1v) is 7.92. The minimum atomic E-state index is -4.29. The lowest BCUT2D eigenvalue weighted by Crippen LogP contribution is -2.18. The lowest BCUT2D eigenvalue weighted by atomic mass is 9.91. The fourth-order valence-electron chi connectivity index (χ4n) is 3.19. The molecule has 1 atom stereocenters. The Labute approximate surface area is 134 Å². The maximum atomic E-state index is 12.8. The zero-order valence-electron chi connectivity index (χ0n) is 13.1. The smallest absolute Gasteiger partial charge is 0.316 e. The number of nitrogens with one attached hydrogen (secondary N) is 1. The van der Waals surface area contributed by atoms with Gasteiger partial charge in [0.05, 0.1) is 5.56 Å². The molecule has 1 heterocycles. The van der Waals surface area contributed by atoms with Crippen molar-refractivity contribution in [1.29, 1.82) is 0 Å². The fraction of sp³-hybridized carbons (Fsp3) is 0.368. The van der Waals surface area contributed by atoms with Crippen LogP contribution in [0, 0.1) is 0 Å². The number of benzene rings is 2. The van der Waals surface area contributed by atoms with Crippen LogP contribution in [0.25, 0.3) is 0 Å². The molecule has 1 aliphatic rings. The molecule has 0 saturated heterocycles. The van der Waals surface area contributed by atoms with Gasteiger partial charge in [-0.15, -0.1) is 0 Å². The first kappa shape index (κ1) is 16.1. The van der Waals surface area contributed by atoms with E-state index in [4.69, 9.17) is 0 Å². The standard InChI is InChI=1S/C19H20F3N/c1-13-12-23-8-7-16-6-5-15(11-18(13)16)9-14-3-2-4-17(10-14)19(20,21)22/h2-6,10-11,13,23H,7-9,12H2,1H3/t13-/m1/s1. The second kappa shape index (κ2) is 6.36. The van der Waals surface area contributed by atoms with Crippen molar-refractivity contribution >= 4 is 0 Å². The van der Waals surface area contributed by atoms with Gasteiger partial charge in [0.1, 0.15) is 0 Å². The number of fused-ring (bicyclic) bond motifs is 1. The lowest BCUT2D eigenvalue weighted by Gasteiger charge is -2.14. The van der Waals surface area contributed by atoms with Crippen molar-refractivity contribution in [3.63, 3.8) is 0 Å². The van der Waals surface area contributed by atoms with E-state index in [2.05, 4.69) is 24.4 Å². The first-order valence-electron chi connectivity index (χ1n) is 7.92. The lowest BCUT2D eigenvalue weighted by molar-refractivity contribution is -0.137. The van der Waals surface area contributed by atoms with Crippen molar-refractivity contribution in [2.75, 3.05) is 13.1 Å². The third-order valence-corrected chi connectivity index (χ3v) is 4.43. The number of rotatable bonds is 2. The first-order chi connectivity index (χ1) is 10.9. The summed E-state index contributed by atoms with van der Waals surface area (Å²) in [4.78, 5) is 0. The van der Waals surface area contributed by atoms with E-state index in [1.807, 2.05) is 6.07 Å². The highest BCUT2D eigenvalue weighted by Gasteiger charge is 2.30. The topological polar surface area (TPSA) is 12.0 Å². The summed E-state index contributed by atoms with van der Waals surface area (Å²) >= 11 is 0. The van der Waals surface area contributed by atoms with Gasteiger partial charge in [-0.1, -0.05) is 43.3 Å². The summed E-state index contributed by atoms with van der Waals surface area (Å²) in [5, 5.41) is 3.41. The second-order valence-corrected chi connectivity index (χ2v) is 6.26. The second-order valence-electron chi connectivity index (χ2n) is 6.26. The van der Waals surface area contributed by atoms with Crippen LogP contribution in [-0.2, 0) is 19.0 Å². The summed E-state index contributed by atoms with van der Waals surface area (Å²) in [6.07, 6.45) is -2.76. The molecule has 0 bridgehead atoms. The molecule has 0 radical (unpaired) electrons. The van der Waals surface area contributed by atoms with Gasteiger partial charge in [0.15, 0.2) is 0 Å². The highest BCUT2D eigenvalue weighted by molar-refractivity contribution is 5.38. The minimum absolute atomic E-state index is 0.425. The van der Waals surface area contributed by atoms with Crippen LogP contribution in [-0.4, -0.2) is 13.1 Å². The van der Waals surface area contributed by atoms with Crippen molar-refractivity contribution in [3.8, 4) is 0 Å². The molecule has 0 amide bonds. The van der Waals surface area contributed by atoms with Crippen LogP contribution in [0.3, 0.4) is 0 Å².